The summed E-state index contributed by atoms with van der Waals surface area (Å²) in [5, 5.41) is 26.9. The second kappa shape index (κ2) is 8.58. The third-order valence-corrected chi connectivity index (χ3v) is 6.85. The van der Waals surface area contributed by atoms with Crippen molar-refractivity contribution in [1.82, 2.24) is 10.2 Å². The number of nitrogens with one attached hydrogen (secondary N) is 1. The van der Waals surface area contributed by atoms with Gasteiger partial charge in [-0.1, -0.05) is 23.7 Å². The summed E-state index contributed by atoms with van der Waals surface area (Å²) in [7, 11) is 1.50. The lowest BCUT2D eigenvalue weighted by molar-refractivity contribution is -0.386. The Balaban J connectivity index is 1.81. The first-order chi connectivity index (χ1) is 17.2. The molecule has 2 aliphatic rings. The van der Waals surface area contributed by atoms with Gasteiger partial charge in [0.2, 0.25) is 5.72 Å². The SMILES string of the molecule is COc1ccc(CN2C(=O)c3c4c(cc([N+](=O)[O-])c3C2(O)c2cc(F)ccc2Cl)C(=O)NCC4)cc1. The van der Waals surface area contributed by atoms with E-state index in [1.807, 2.05) is 0 Å². The summed E-state index contributed by atoms with van der Waals surface area (Å²) in [6.45, 7) is 0.0139. The first kappa shape index (κ1) is 23.7. The van der Waals surface area contributed by atoms with Gasteiger partial charge in [0.25, 0.3) is 17.5 Å². The number of carbonyl (C=O) groups excluding carboxylic acids is 2. The van der Waals surface area contributed by atoms with E-state index in [0.29, 0.717) is 11.3 Å². The van der Waals surface area contributed by atoms with E-state index in [-0.39, 0.29) is 52.4 Å². The number of aliphatic hydroxyl groups is 1. The van der Waals surface area contributed by atoms with Gasteiger partial charge in [0.05, 0.1) is 28.7 Å². The molecule has 0 aliphatic carbocycles. The molecule has 11 heteroatoms. The summed E-state index contributed by atoms with van der Waals surface area (Å²) in [5.74, 6) is -1.49. The zero-order valence-corrected chi connectivity index (χ0v) is 19.6. The van der Waals surface area contributed by atoms with Crippen LogP contribution >= 0.6 is 11.6 Å². The average Bonchev–Trinajstić information content (AvgIpc) is 3.08. The molecule has 0 saturated carbocycles. The number of hydrogen-bond acceptors (Lipinski definition) is 6. The number of halogens is 2. The molecule has 0 aromatic heterocycles. The smallest absolute Gasteiger partial charge is 0.279 e. The number of nitro groups is 1. The maximum absolute atomic E-state index is 14.4. The second-order valence-corrected chi connectivity index (χ2v) is 8.88. The Labute approximate surface area is 209 Å². The van der Waals surface area contributed by atoms with Crippen LogP contribution in [0.2, 0.25) is 5.02 Å². The minimum absolute atomic E-state index is 0.0148. The second-order valence-electron chi connectivity index (χ2n) is 8.47. The molecule has 184 valence electrons. The van der Waals surface area contributed by atoms with Gasteiger partial charge < -0.3 is 15.2 Å². The molecule has 3 aromatic rings. The summed E-state index contributed by atoms with van der Waals surface area (Å²) >= 11 is 6.37. The Morgan fingerprint density at radius 2 is 1.94 bits per heavy atom. The molecular weight excluding hydrogens is 493 g/mol. The Morgan fingerprint density at radius 3 is 2.61 bits per heavy atom. The maximum atomic E-state index is 14.4. The number of rotatable bonds is 5. The monoisotopic (exact) mass is 511 g/mol. The van der Waals surface area contributed by atoms with Crippen LogP contribution in [0.5, 0.6) is 5.75 Å². The lowest BCUT2D eigenvalue weighted by Crippen LogP contribution is -2.44. The number of hydrogen-bond donors (Lipinski definition) is 2. The van der Waals surface area contributed by atoms with Crippen molar-refractivity contribution in [3.05, 3.63) is 103 Å². The molecule has 9 nitrogen and oxygen atoms in total. The number of carbonyl (C=O) groups is 2. The molecule has 1 unspecified atom stereocenters. The first-order valence-corrected chi connectivity index (χ1v) is 11.3. The lowest BCUT2D eigenvalue weighted by atomic mass is 9.85. The summed E-state index contributed by atoms with van der Waals surface area (Å²) in [6.07, 6.45) is 0.219. The van der Waals surface area contributed by atoms with Crippen molar-refractivity contribution in [2.45, 2.75) is 18.7 Å². The largest absolute Gasteiger partial charge is 0.497 e. The molecule has 0 saturated heterocycles. The van der Waals surface area contributed by atoms with Crippen molar-refractivity contribution in [3.8, 4) is 5.75 Å². The average molecular weight is 512 g/mol. The molecule has 0 fully saturated rings. The van der Waals surface area contributed by atoms with Gasteiger partial charge in [0.1, 0.15) is 11.6 Å². The first-order valence-electron chi connectivity index (χ1n) is 10.9. The summed E-state index contributed by atoms with van der Waals surface area (Å²) in [6, 6.07) is 10.9. The third-order valence-electron chi connectivity index (χ3n) is 6.52. The van der Waals surface area contributed by atoms with Gasteiger partial charge in [-0.05, 0) is 47.9 Å². The molecule has 0 radical (unpaired) electrons. The van der Waals surface area contributed by atoms with Gasteiger partial charge in [0.15, 0.2) is 0 Å². The van der Waals surface area contributed by atoms with Crippen LogP contribution in [0.15, 0.2) is 48.5 Å². The van der Waals surface area contributed by atoms with E-state index < -0.39 is 34.0 Å². The van der Waals surface area contributed by atoms with Crippen LogP contribution in [0.25, 0.3) is 0 Å². The van der Waals surface area contributed by atoms with Crippen LogP contribution in [0.4, 0.5) is 10.1 Å². The van der Waals surface area contributed by atoms with Crippen LogP contribution in [0, 0.1) is 15.9 Å². The highest BCUT2D eigenvalue weighted by atomic mass is 35.5. The van der Waals surface area contributed by atoms with E-state index >= 15 is 0 Å². The Bertz CT molecular complexity index is 1440. The van der Waals surface area contributed by atoms with E-state index in [0.717, 1.165) is 23.1 Å². The molecular formula is C25H19ClFN3O6. The van der Waals surface area contributed by atoms with Crippen LogP contribution in [-0.2, 0) is 18.7 Å². The van der Waals surface area contributed by atoms with Crippen LogP contribution in [0.1, 0.15) is 43.0 Å². The van der Waals surface area contributed by atoms with E-state index in [9.17, 15) is 29.2 Å². The van der Waals surface area contributed by atoms with E-state index in [2.05, 4.69) is 5.32 Å². The Kier molecular flexibility index (Phi) is 5.65. The quantitative estimate of drug-likeness (QED) is 0.399. The maximum Gasteiger partial charge on any atom is 0.279 e. The van der Waals surface area contributed by atoms with E-state index in [1.54, 1.807) is 24.3 Å². The minimum Gasteiger partial charge on any atom is -0.497 e. The van der Waals surface area contributed by atoms with Crippen molar-refractivity contribution in [1.29, 1.82) is 0 Å². The lowest BCUT2D eigenvalue weighted by Gasteiger charge is -2.35. The fourth-order valence-electron chi connectivity index (χ4n) is 4.86. The molecule has 2 heterocycles. The Hall–Kier alpha value is -4.02. The van der Waals surface area contributed by atoms with Crippen LogP contribution < -0.4 is 10.1 Å². The molecule has 36 heavy (non-hydrogen) atoms. The molecule has 2 aliphatic heterocycles. The van der Waals surface area contributed by atoms with Crippen molar-refractivity contribution in [2.75, 3.05) is 13.7 Å². The summed E-state index contributed by atoms with van der Waals surface area (Å²) < 4.78 is 19.6. The van der Waals surface area contributed by atoms with Gasteiger partial charge >= 0.3 is 0 Å². The predicted molar refractivity (Wildman–Crippen MR) is 126 cm³/mol. The number of methoxy groups -OCH3 is 1. The zero-order chi connectivity index (χ0) is 25.8. The Morgan fingerprint density at radius 1 is 1.22 bits per heavy atom. The predicted octanol–water partition coefficient (Wildman–Crippen LogP) is 3.53. The van der Waals surface area contributed by atoms with E-state index in [4.69, 9.17) is 16.3 Å². The molecule has 1 atom stereocenters. The third kappa shape index (κ3) is 3.49. The van der Waals surface area contributed by atoms with E-state index in [1.165, 1.54) is 13.2 Å². The topological polar surface area (TPSA) is 122 Å². The molecule has 0 spiro atoms. The van der Waals surface area contributed by atoms with Crippen LogP contribution in [0.3, 0.4) is 0 Å². The van der Waals surface area contributed by atoms with Crippen molar-refractivity contribution < 1.29 is 28.7 Å². The number of amides is 2. The minimum atomic E-state index is -2.49. The standard InChI is InChI=1S/C25H19ClFN3O6/c1-36-15-5-2-13(3-6-15)12-29-24(32)21-16-8-9-28-23(31)17(16)11-20(30(34)35)22(21)25(29,33)18-10-14(27)4-7-19(18)26/h2-7,10-11,33H,8-9,12H2,1H3,(H,28,31). The van der Waals surface area contributed by atoms with Gasteiger partial charge in [0, 0.05) is 29.7 Å². The molecule has 2 N–H and O–H groups in total. The number of fused-ring (bicyclic) bond motifs is 3. The highest BCUT2D eigenvalue weighted by Crippen LogP contribution is 2.51. The van der Waals surface area contributed by atoms with Crippen molar-refractivity contribution in [3.63, 3.8) is 0 Å². The molecule has 0 bridgehead atoms. The fraction of sp³-hybridized carbons (Fsp3) is 0.200. The summed E-state index contributed by atoms with van der Waals surface area (Å²) in [4.78, 5) is 38.9. The van der Waals surface area contributed by atoms with Gasteiger partial charge in [-0.25, -0.2) is 4.39 Å². The summed E-state index contributed by atoms with van der Waals surface area (Å²) in [5.41, 5.74) is -3.01. The fourth-order valence-corrected chi connectivity index (χ4v) is 5.11. The number of nitro benzene ring substituents is 1. The molecule has 5 rings (SSSR count). The van der Waals surface area contributed by atoms with Crippen LogP contribution in [-0.4, -0.2) is 40.4 Å². The highest BCUT2D eigenvalue weighted by molar-refractivity contribution is 6.31. The van der Waals surface area contributed by atoms with Crippen molar-refractivity contribution >= 4 is 29.1 Å². The molecule has 3 aromatic carbocycles. The zero-order valence-electron chi connectivity index (χ0n) is 18.9. The van der Waals surface area contributed by atoms with Gasteiger partial charge in [-0.2, -0.15) is 0 Å². The number of benzene rings is 3. The normalized spacial score (nSPS) is 18.5. The molecule has 2 amide bonds. The number of nitrogens with zero attached hydrogens (tertiary/aromatic N) is 2. The number of ether oxygens (including phenoxy) is 1. The highest BCUT2D eigenvalue weighted by Gasteiger charge is 2.56. The van der Waals surface area contributed by atoms with Crippen molar-refractivity contribution in [2.24, 2.45) is 0 Å². The van der Waals surface area contributed by atoms with Gasteiger partial charge in [-0.15, -0.1) is 0 Å². The van der Waals surface area contributed by atoms with Gasteiger partial charge in [-0.3, -0.25) is 24.6 Å².